The number of amides is 4. The Morgan fingerprint density at radius 2 is 1.57 bits per heavy atom. The number of thiazole rings is 1. The lowest BCUT2D eigenvalue weighted by atomic mass is 9.85. The molecule has 2 aliphatic rings. The van der Waals surface area contributed by atoms with Gasteiger partial charge in [-0.2, -0.15) is 0 Å². The number of nitrogens with one attached hydrogen (secondary N) is 2. The van der Waals surface area contributed by atoms with Crippen molar-refractivity contribution in [3.63, 3.8) is 0 Å². The first-order valence-corrected chi connectivity index (χ1v) is 24.0. The van der Waals surface area contributed by atoms with Crippen LogP contribution in [0.5, 0.6) is 11.5 Å². The fourth-order valence-electron chi connectivity index (χ4n) is 8.45. The summed E-state index contributed by atoms with van der Waals surface area (Å²) in [5.74, 6) is -0.395. The van der Waals surface area contributed by atoms with Crippen molar-refractivity contribution in [2.75, 3.05) is 29.6 Å². The number of likely N-dealkylation sites (tertiary alicyclic amines) is 1. The first kappa shape index (κ1) is 51.1. The van der Waals surface area contributed by atoms with Gasteiger partial charge in [0.2, 0.25) is 17.7 Å². The van der Waals surface area contributed by atoms with Gasteiger partial charge in [0.25, 0.3) is 12.3 Å². The highest BCUT2D eigenvalue weighted by Gasteiger charge is 2.50. The van der Waals surface area contributed by atoms with Crippen LogP contribution in [0.4, 0.5) is 25.8 Å². The number of nitrogens with zero attached hydrogens (tertiary/aromatic N) is 5. The van der Waals surface area contributed by atoms with Crippen LogP contribution in [-0.4, -0.2) is 87.2 Å². The largest absolute Gasteiger partial charge is 0.490 e. The molecule has 3 atom stereocenters. The fraction of sp³-hybridized carbons (Fsp3) is 0.365. The Labute approximate surface area is 415 Å². The molecule has 3 N–H and O–H groups in total. The minimum absolute atomic E-state index is 0.0196. The molecule has 14 nitrogen and oxygen atoms in total. The van der Waals surface area contributed by atoms with E-state index in [0.29, 0.717) is 23.6 Å². The molecule has 0 saturated carbocycles. The maximum atomic E-state index is 14.1. The van der Waals surface area contributed by atoms with Gasteiger partial charge in [0.1, 0.15) is 42.3 Å². The molecule has 2 aliphatic heterocycles. The summed E-state index contributed by atoms with van der Waals surface area (Å²) in [4.78, 5) is 67.3. The van der Waals surface area contributed by atoms with E-state index in [1.54, 1.807) is 72.0 Å². The Morgan fingerprint density at radius 1 is 0.957 bits per heavy atom. The summed E-state index contributed by atoms with van der Waals surface area (Å²) < 4.78 is 39.2. The van der Waals surface area contributed by atoms with E-state index in [0.717, 1.165) is 33.3 Å². The zero-order valence-corrected chi connectivity index (χ0v) is 41.3. The van der Waals surface area contributed by atoms with E-state index in [1.165, 1.54) is 21.9 Å². The Balaban J connectivity index is 0.860. The number of ether oxygens (including phenoxy) is 2. The molecular weight excluding hydrogens is 937 g/mol. The molecule has 0 bridgehead atoms. The predicted octanol–water partition coefficient (Wildman–Crippen LogP) is 8.72. The number of alkyl halides is 2. The minimum Gasteiger partial charge on any atom is -0.490 e. The first-order valence-electron chi connectivity index (χ1n) is 22.7. The quantitative estimate of drug-likeness (QED) is 0.0468. The lowest BCUT2D eigenvalue weighted by Gasteiger charge is -2.35. The Morgan fingerprint density at radius 3 is 2.16 bits per heavy atom. The van der Waals surface area contributed by atoms with E-state index in [4.69, 9.17) is 28.3 Å². The van der Waals surface area contributed by atoms with Crippen molar-refractivity contribution in [3.05, 3.63) is 130 Å². The highest BCUT2D eigenvalue weighted by atomic mass is 32.1. The third-order valence-corrected chi connectivity index (χ3v) is 13.6. The van der Waals surface area contributed by atoms with Gasteiger partial charge in [0.05, 0.1) is 28.8 Å². The summed E-state index contributed by atoms with van der Waals surface area (Å²) in [5, 5.41) is 16.6. The number of β-amino-alcohol motifs (C(OH)–C–C–N with tert-alkyl or cyclic N) is 1. The van der Waals surface area contributed by atoms with Gasteiger partial charge in [-0.3, -0.25) is 24.1 Å². The molecule has 1 aromatic heterocycles. The Kier molecular flexibility index (Phi) is 15.6. The molecule has 2 fully saturated rings. The number of halogens is 2. The molecule has 70 heavy (non-hydrogen) atoms. The number of rotatable bonds is 17. The van der Waals surface area contributed by atoms with Crippen molar-refractivity contribution in [2.45, 2.75) is 97.5 Å². The summed E-state index contributed by atoms with van der Waals surface area (Å²) in [7, 11) is 0. The van der Waals surface area contributed by atoms with Gasteiger partial charge in [0.15, 0.2) is 10.8 Å². The Hall–Kier alpha value is -6.81. The standard InChI is InChI=1S/C52H55F2N7O7S2/c1-31-44(70-30-57-31)34-13-8-33(9-14-34)28-56-47(64)42-27-37(62)29-59(42)48(65)45(51(2,3)4)58-43(63)23-12-32-10-18-38(19-11-32)67-24-25-68-39-20-15-35(16-21-39)61-50(69)60(49(66)52(61,5)6)36-17-22-41(55-7)40(26-36)46(53)54/h8-11,13-22,26,30,37,42,45-46,62H,12,23-25,27-29H2,1-6H3,(H,56,64)(H,58,63)/t37-,42+,45-/m1/s1. The van der Waals surface area contributed by atoms with E-state index in [2.05, 4.69) is 20.5 Å². The molecular formula is C52H55F2N7O7S2. The molecule has 18 heteroatoms. The van der Waals surface area contributed by atoms with E-state index >= 15 is 0 Å². The summed E-state index contributed by atoms with van der Waals surface area (Å²) >= 11 is 7.27. The molecule has 0 radical (unpaired) electrons. The monoisotopic (exact) mass is 991 g/mol. The molecule has 4 aromatic carbocycles. The van der Waals surface area contributed by atoms with Crippen molar-refractivity contribution in [1.29, 1.82) is 0 Å². The lowest BCUT2D eigenvalue weighted by Crippen LogP contribution is -2.57. The van der Waals surface area contributed by atoms with Gasteiger partial charge in [-0.15, -0.1) is 11.3 Å². The van der Waals surface area contributed by atoms with Crippen LogP contribution in [0, 0.1) is 18.9 Å². The van der Waals surface area contributed by atoms with Crippen LogP contribution in [-0.2, 0) is 32.1 Å². The third-order valence-electron chi connectivity index (χ3n) is 12.3. The molecule has 0 spiro atoms. The second-order valence-electron chi connectivity index (χ2n) is 18.8. The van der Waals surface area contributed by atoms with E-state index in [-0.39, 0.29) is 67.4 Å². The number of carbonyl (C=O) groups is 4. The first-order chi connectivity index (χ1) is 33.3. The van der Waals surface area contributed by atoms with Crippen LogP contribution in [0.2, 0.25) is 0 Å². The normalized spacial score (nSPS) is 17.1. The van der Waals surface area contributed by atoms with Crippen LogP contribution in [0.1, 0.15) is 76.3 Å². The van der Waals surface area contributed by atoms with Gasteiger partial charge in [-0.1, -0.05) is 63.2 Å². The number of thiocarbonyl (C=S) groups is 1. The van der Waals surface area contributed by atoms with Crippen LogP contribution in [0.25, 0.3) is 15.3 Å². The number of aliphatic hydroxyl groups is 1. The summed E-state index contributed by atoms with van der Waals surface area (Å²) in [6.45, 7) is 18.8. The van der Waals surface area contributed by atoms with E-state index < -0.39 is 52.9 Å². The van der Waals surface area contributed by atoms with Gasteiger partial charge in [0, 0.05) is 42.9 Å². The smallest absolute Gasteiger partial charge is 0.259 e. The zero-order chi connectivity index (χ0) is 50.5. The van der Waals surface area contributed by atoms with Crippen molar-refractivity contribution < 1.29 is 42.5 Å². The van der Waals surface area contributed by atoms with Crippen LogP contribution in [0.15, 0.2) is 96.5 Å². The molecule has 4 amide bonds. The lowest BCUT2D eigenvalue weighted by molar-refractivity contribution is -0.144. The van der Waals surface area contributed by atoms with Gasteiger partial charge < -0.3 is 35.0 Å². The number of hydrogen-bond acceptors (Lipinski definition) is 10. The number of carbonyl (C=O) groups excluding carboxylic acids is 4. The van der Waals surface area contributed by atoms with Gasteiger partial charge >= 0.3 is 0 Å². The van der Waals surface area contributed by atoms with E-state index in [1.807, 2.05) is 64.1 Å². The number of hydrogen-bond donors (Lipinski definition) is 3. The third kappa shape index (κ3) is 11.4. The summed E-state index contributed by atoms with van der Waals surface area (Å²) in [6.07, 6.45) is -3.18. The second kappa shape index (κ2) is 21.5. The van der Waals surface area contributed by atoms with Crippen molar-refractivity contribution in [2.24, 2.45) is 5.41 Å². The molecule has 7 rings (SSSR count). The van der Waals surface area contributed by atoms with Crippen molar-refractivity contribution in [3.8, 4) is 21.9 Å². The molecule has 3 heterocycles. The minimum atomic E-state index is -2.90. The fourth-order valence-corrected chi connectivity index (χ4v) is 9.78. The number of aryl methyl sites for hydroxylation is 2. The molecule has 0 aliphatic carbocycles. The van der Waals surface area contributed by atoms with Gasteiger partial charge in [-0.05, 0) is 110 Å². The number of aromatic nitrogens is 1. The number of anilines is 2. The average Bonchev–Trinajstić information content (AvgIpc) is 4.00. The maximum Gasteiger partial charge on any atom is 0.259 e. The number of benzene rings is 4. The van der Waals surface area contributed by atoms with Gasteiger partial charge in [-0.25, -0.2) is 18.6 Å². The van der Waals surface area contributed by atoms with Crippen LogP contribution < -0.4 is 29.9 Å². The SMILES string of the molecule is [C-]#[N+]c1ccc(N2C(=O)C(C)(C)N(c3ccc(OCCOc4ccc(CCC(=O)N[C@H](C(=O)N5C[C@H](O)C[C@H]5C(=O)NCc5ccc(-c6scnc6C)cc5)C(C)(C)C)cc4)cc3)C2=S)cc1C(F)F. The Bertz CT molecular complexity index is 2770. The molecule has 366 valence electrons. The van der Waals surface area contributed by atoms with Crippen molar-refractivity contribution >= 4 is 69.4 Å². The molecule has 2 saturated heterocycles. The number of aliphatic hydroxyl groups excluding tert-OH is 1. The predicted molar refractivity (Wildman–Crippen MR) is 268 cm³/mol. The molecule has 0 unspecified atom stereocenters. The van der Waals surface area contributed by atoms with E-state index in [9.17, 15) is 33.1 Å². The highest BCUT2D eigenvalue weighted by molar-refractivity contribution is 7.81. The topological polar surface area (TPSA) is 158 Å². The maximum absolute atomic E-state index is 14.1. The van der Waals surface area contributed by atoms with Crippen LogP contribution in [0.3, 0.4) is 0 Å². The van der Waals surface area contributed by atoms with Crippen LogP contribution >= 0.6 is 23.6 Å². The summed E-state index contributed by atoms with van der Waals surface area (Å²) in [6, 6.07) is 24.1. The molecule has 5 aromatic rings. The summed E-state index contributed by atoms with van der Waals surface area (Å²) in [5.41, 5.74) is 3.82. The average molecular weight is 992 g/mol. The zero-order valence-electron chi connectivity index (χ0n) is 39.7. The van der Waals surface area contributed by atoms with Crippen molar-refractivity contribution in [1.82, 2.24) is 20.5 Å². The second-order valence-corrected chi connectivity index (χ2v) is 20.0. The highest BCUT2D eigenvalue weighted by Crippen LogP contribution is 2.40.